The van der Waals surface area contributed by atoms with Gasteiger partial charge in [-0.1, -0.05) is 6.92 Å². The van der Waals surface area contributed by atoms with Gasteiger partial charge < -0.3 is 9.51 Å². The van der Waals surface area contributed by atoms with Gasteiger partial charge in [-0.15, -0.1) is 0 Å². The third-order valence-electron chi connectivity index (χ3n) is 4.02. The molecule has 0 spiro atoms. The largest absolute Gasteiger partial charge is 0.481 e. The van der Waals surface area contributed by atoms with Crippen LogP contribution >= 0.6 is 15.9 Å². The Labute approximate surface area is 131 Å². The highest BCUT2D eigenvalue weighted by molar-refractivity contribution is 9.10. The number of carbonyl (C=O) groups is 1. The van der Waals surface area contributed by atoms with Crippen molar-refractivity contribution in [2.24, 2.45) is 11.8 Å². The molecule has 2 aromatic heterocycles. The molecule has 0 saturated carbocycles. The average Bonchev–Trinajstić information content (AvgIpc) is 2.80. The van der Waals surface area contributed by atoms with E-state index in [1.54, 1.807) is 0 Å². The van der Waals surface area contributed by atoms with E-state index in [2.05, 4.69) is 37.1 Å². The lowest BCUT2D eigenvalue weighted by Gasteiger charge is -2.34. The first-order valence-corrected chi connectivity index (χ1v) is 7.89. The molecule has 5 nitrogen and oxygen atoms in total. The summed E-state index contributed by atoms with van der Waals surface area (Å²) < 4.78 is 3.06. The summed E-state index contributed by atoms with van der Waals surface area (Å²) in [6.07, 6.45) is 4.64. The van der Waals surface area contributed by atoms with Crippen molar-refractivity contribution in [2.45, 2.75) is 19.9 Å². The van der Waals surface area contributed by atoms with Gasteiger partial charge >= 0.3 is 5.97 Å². The van der Waals surface area contributed by atoms with Gasteiger partial charge in [0.25, 0.3) is 0 Å². The molecule has 1 aliphatic rings. The van der Waals surface area contributed by atoms with E-state index in [1.807, 2.05) is 24.5 Å². The third-order valence-corrected chi connectivity index (χ3v) is 4.49. The Kier molecular flexibility index (Phi) is 3.99. The Hall–Kier alpha value is -1.40. The van der Waals surface area contributed by atoms with E-state index in [0.717, 1.165) is 35.3 Å². The first-order valence-electron chi connectivity index (χ1n) is 7.09. The molecular weight excluding hydrogens is 334 g/mol. The Bertz CT molecular complexity index is 670. The minimum atomic E-state index is -0.688. The second-order valence-corrected chi connectivity index (χ2v) is 6.81. The number of aromatic nitrogens is 2. The highest BCUT2D eigenvalue weighted by Gasteiger charge is 2.29. The number of halogens is 1. The predicted octanol–water partition coefficient (Wildman–Crippen LogP) is 2.64. The van der Waals surface area contributed by atoms with Crippen molar-refractivity contribution >= 4 is 27.5 Å². The molecule has 3 rings (SSSR count). The SMILES string of the molecule is CC1CC(C(=O)O)CN(Cc2cnc3ccc(Br)cn23)C1. The number of nitrogens with zero attached hydrogens (tertiary/aromatic N) is 3. The summed E-state index contributed by atoms with van der Waals surface area (Å²) in [5, 5.41) is 9.26. The lowest BCUT2D eigenvalue weighted by atomic mass is 9.90. The topological polar surface area (TPSA) is 57.8 Å². The van der Waals surface area contributed by atoms with Gasteiger partial charge in [0.05, 0.1) is 17.8 Å². The first kappa shape index (κ1) is 14.5. The Balaban J connectivity index is 1.81. The molecule has 2 aromatic rings. The fraction of sp³-hybridized carbons (Fsp3) is 0.467. The molecule has 1 saturated heterocycles. The molecule has 0 bridgehead atoms. The van der Waals surface area contributed by atoms with E-state index >= 15 is 0 Å². The maximum atomic E-state index is 11.3. The van der Waals surface area contributed by atoms with Crippen molar-refractivity contribution in [3.63, 3.8) is 0 Å². The van der Waals surface area contributed by atoms with Crippen molar-refractivity contribution in [1.82, 2.24) is 14.3 Å². The second kappa shape index (κ2) is 5.77. The van der Waals surface area contributed by atoms with Crippen molar-refractivity contribution < 1.29 is 9.90 Å². The van der Waals surface area contributed by atoms with Gasteiger partial charge in [-0.2, -0.15) is 0 Å². The van der Waals surface area contributed by atoms with Gasteiger partial charge in [0, 0.05) is 30.3 Å². The number of piperidine rings is 1. The zero-order chi connectivity index (χ0) is 15.0. The molecule has 0 aliphatic carbocycles. The summed E-state index contributed by atoms with van der Waals surface area (Å²) in [6, 6.07) is 3.93. The smallest absolute Gasteiger partial charge is 0.307 e. The monoisotopic (exact) mass is 351 g/mol. The van der Waals surface area contributed by atoms with Gasteiger partial charge in [0.1, 0.15) is 5.65 Å². The molecule has 112 valence electrons. The average molecular weight is 352 g/mol. The van der Waals surface area contributed by atoms with Crippen LogP contribution in [0.15, 0.2) is 29.0 Å². The molecule has 6 heteroatoms. The number of fused-ring (bicyclic) bond motifs is 1. The van der Waals surface area contributed by atoms with Crippen molar-refractivity contribution in [3.8, 4) is 0 Å². The Morgan fingerprint density at radius 1 is 1.48 bits per heavy atom. The number of carboxylic acid groups (broad SMARTS) is 1. The molecule has 0 amide bonds. The molecule has 2 atom stereocenters. The Morgan fingerprint density at radius 2 is 2.29 bits per heavy atom. The van der Waals surface area contributed by atoms with Crippen LogP contribution < -0.4 is 0 Å². The molecule has 2 unspecified atom stereocenters. The van der Waals surface area contributed by atoms with Crippen LogP contribution in [-0.2, 0) is 11.3 Å². The Morgan fingerprint density at radius 3 is 3.05 bits per heavy atom. The van der Waals surface area contributed by atoms with Crippen LogP contribution in [0.1, 0.15) is 19.0 Å². The minimum absolute atomic E-state index is 0.264. The number of rotatable bonds is 3. The zero-order valence-corrected chi connectivity index (χ0v) is 13.5. The molecular formula is C15H18BrN3O2. The summed E-state index contributed by atoms with van der Waals surface area (Å²) >= 11 is 3.47. The quantitative estimate of drug-likeness (QED) is 0.923. The zero-order valence-electron chi connectivity index (χ0n) is 11.9. The third kappa shape index (κ3) is 3.11. The van der Waals surface area contributed by atoms with Crippen LogP contribution in [0.5, 0.6) is 0 Å². The molecule has 1 fully saturated rings. The van der Waals surface area contributed by atoms with Gasteiger partial charge in [-0.3, -0.25) is 9.69 Å². The summed E-state index contributed by atoms with van der Waals surface area (Å²) in [5.74, 6) is -0.544. The van der Waals surface area contributed by atoms with Crippen LogP contribution in [0.3, 0.4) is 0 Å². The number of likely N-dealkylation sites (tertiary alicyclic amines) is 1. The van der Waals surface area contributed by atoms with Crippen LogP contribution in [0.25, 0.3) is 5.65 Å². The number of hydrogen-bond acceptors (Lipinski definition) is 3. The van der Waals surface area contributed by atoms with Gasteiger partial charge in [-0.05, 0) is 40.4 Å². The van der Waals surface area contributed by atoms with E-state index in [-0.39, 0.29) is 5.92 Å². The summed E-state index contributed by atoms with van der Waals surface area (Å²) in [6.45, 7) is 4.39. The minimum Gasteiger partial charge on any atom is -0.481 e. The predicted molar refractivity (Wildman–Crippen MR) is 83.1 cm³/mol. The second-order valence-electron chi connectivity index (χ2n) is 5.90. The van der Waals surface area contributed by atoms with E-state index < -0.39 is 5.97 Å². The van der Waals surface area contributed by atoms with Gasteiger partial charge in [0.2, 0.25) is 0 Å². The van der Waals surface area contributed by atoms with Crippen LogP contribution in [0, 0.1) is 11.8 Å². The maximum absolute atomic E-state index is 11.3. The van der Waals surface area contributed by atoms with Crippen molar-refractivity contribution in [1.29, 1.82) is 0 Å². The number of carboxylic acids is 1. The first-order chi connectivity index (χ1) is 10.0. The molecule has 3 heterocycles. The molecule has 0 radical (unpaired) electrons. The maximum Gasteiger partial charge on any atom is 0.307 e. The number of hydrogen-bond donors (Lipinski definition) is 1. The lowest BCUT2D eigenvalue weighted by molar-refractivity contribution is -0.144. The number of aliphatic carboxylic acids is 1. The van der Waals surface area contributed by atoms with Crippen LogP contribution in [-0.4, -0.2) is 38.4 Å². The summed E-state index contributed by atoms with van der Waals surface area (Å²) in [5.41, 5.74) is 2.00. The molecule has 21 heavy (non-hydrogen) atoms. The van der Waals surface area contributed by atoms with Crippen LogP contribution in [0.2, 0.25) is 0 Å². The highest BCUT2D eigenvalue weighted by atomic mass is 79.9. The molecule has 1 aliphatic heterocycles. The fourth-order valence-corrected chi connectivity index (χ4v) is 3.46. The van der Waals surface area contributed by atoms with Crippen molar-refractivity contribution in [3.05, 3.63) is 34.7 Å². The lowest BCUT2D eigenvalue weighted by Crippen LogP contribution is -2.42. The van der Waals surface area contributed by atoms with E-state index in [0.29, 0.717) is 12.5 Å². The standard InChI is InChI=1S/C15H18BrN3O2/c1-10-4-11(15(20)21)7-18(6-10)9-13-5-17-14-3-2-12(16)8-19(13)14/h2-3,5,8,10-11H,4,6-7,9H2,1H3,(H,20,21). The molecule has 0 aromatic carbocycles. The number of pyridine rings is 1. The highest BCUT2D eigenvalue weighted by Crippen LogP contribution is 2.24. The molecule has 1 N–H and O–H groups in total. The number of imidazole rings is 1. The van der Waals surface area contributed by atoms with Crippen molar-refractivity contribution in [2.75, 3.05) is 13.1 Å². The normalized spacial score (nSPS) is 23.5. The summed E-state index contributed by atoms with van der Waals surface area (Å²) in [4.78, 5) is 17.9. The summed E-state index contributed by atoms with van der Waals surface area (Å²) in [7, 11) is 0. The van der Waals surface area contributed by atoms with E-state index in [4.69, 9.17) is 0 Å². The van der Waals surface area contributed by atoms with E-state index in [9.17, 15) is 9.90 Å². The van der Waals surface area contributed by atoms with E-state index in [1.165, 1.54) is 0 Å². The van der Waals surface area contributed by atoms with Crippen LogP contribution in [0.4, 0.5) is 0 Å². The van der Waals surface area contributed by atoms with Gasteiger partial charge in [0.15, 0.2) is 0 Å². The van der Waals surface area contributed by atoms with Gasteiger partial charge in [-0.25, -0.2) is 4.98 Å². The fourth-order valence-electron chi connectivity index (χ4n) is 3.12.